The van der Waals surface area contributed by atoms with Gasteiger partial charge in [0.25, 0.3) is 0 Å². The topological polar surface area (TPSA) is 32.3 Å². The summed E-state index contributed by atoms with van der Waals surface area (Å²) in [6.45, 7) is 6.48. The van der Waals surface area contributed by atoms with Crippen LogP contribution in [0.15, 0.2) is 30.3 Å². The van der Waals surface area contributed by atoms with Crippen molar-refractivity contribution in [2.75, 3.05) is 14.1 Å². The van der Waals surface area contributed by atoms with Gasteiger partial charge in [0.15, 0.2) is 0 Å². The molecule has 0 fully saturated rings. The second-order valence-electron chi connectivity index (χ2n) is 6.51. The molecule has 1 rings (SSSR count). The van der Waals surface area contributed by atoms with Gasteiger partial charge in [-0.15, -0.1) is 0 Å². The van der Waals surface area contributed by atoms with Gasteiger partial charge in [0.2, 0.25) is 5.91 Å². The zero-order valence-electron chi connectivity index (χ0n) is 14.1. The van der Waals surface area contributed by atoms with Crippen molar-refractivity contribution in [1.82, 2.24) is 10.2 Å². The minimum atomic E-state index is -0.0780. The van der Waals surface area contributed by atoms with E-state index in [0.717, 1.165) is 19.3 Å². The smallest absolute Gasteiger partial charge is 0.239 e. The molecule has 0 heterocycles. The Morgan fingerprint density at radius 2 is 1.76 bits per heavy atom. The van der Waals surface area contributed by atoms with E-state index in [0.29, 0.717) is 12.0 Å². The Bertz CT molecular complexity index is 414. The molecule has 1 N–H and O–H groups in total. The molecule has 118 valence electrons. The molecule has 0 aromatic heterocycles. The van der Waals surface area contributed by atoms with E-state index in [4.69, 9.17) is 0 Å². The number of hydrogen-bond acceptors (Lipinski definition) is 2. The van der Waals surface area contributed by atoms with E-state index in [-0.39, 0.29) is 11.9 Å². The average Bonchev–Trinajstić information content (AvgIpc) is 2.44. The maximum atomic E-state index is 12.3. The van der Waals surface area contributed by atoms with E-state index in [1.165, 1.54) is 5.56 Å². The molecule has 3 heteroatoms. The zero-order valence-corrected chi connectivity index (χ0v) is 14.1. The fourth-order valence-electron chi connectivity index (χ4n) is 2.48. The molecule has 2 unspecified atom stereocenters. The van der Waals surface area contributed by atoms with Crippen LogP contribution in [0.25, 0.3) is 0 Å². The van der Waals surface area contributed by atoms with Gasteiger partial charge in [-0.2, -0.15) is 0 Å². The van der Waals surface area contributed by atoms with Crippen LogP contribution in [0.4, 0.5) is 0 Å². The molecule has 0 radical (unpaired) electrons. The van der Waals surface area contributed by atoms with Gasteiger partial charge in [-0.1, -0.05) is 44.2 Å². The molecular formula is C18H30N2O. The van der Waals surface area contributed by atoms with Crippen molar-refractivity contribution in [3.63, 3.8) is 0 Å². The molecule has 0 aliphatic carbocycles. The quantitative estimate of drug-likeness (QED) is 0.798. The number of carbonyl (C=O) groups is 1. The number of nitrogens with one attached hydrogen (secondary N) is 1. The zero-order chi connectivity index (χ0) is 15.8. The lowest BCUT2D eigenvalue weighted by atomic mass is 10.0. The number of likely N-dealkylation sites (N-methyl/N-ethyl adjacent to an activating group) is 1. The van der Waals surface area contributed by atoms with Crippen LogP contribution in [0.3, 0.4) is 0 Å². The standard InChI is InChI=1S/C18H30N2O/c1-14(2)13-17(18(21)20(4)5)19-15(3)11-12-16-9-7-6-8-10-16/h6-10,14-15,17,19H,11-13H2,1-5H3. The number of hydrogen-bond donors (Lipinski definition) is 1. The molecule has 3 nitrogen and oxygen atoms in total. The molecule has 0 aliphatic rings. The molecule has 0 saturated heterocycles. The first kappa shape index (κ1) is 17.7. The summed E-state index contributed by atoms with van der Waals surface area (Å²) < 4.78 is 0. The van der Waals surface area contributed by atoms with Crippen LogP contribution in [-0.4, -0.2) is 37.0 Å². The first-order valence-electron chi connectivity index (χ1n) is 7.91. The summed E-state index contributed by atoms with van der Waals surface area (Å²) in [4.78, 5) is 13.9. The molecule has 0 aliphatic heterocycles. The summed E-state index contributed by atoms with van der Waals surface area (Å²) in [5.41, 5.74) is 1.35. The van der Waals surface area contributed by atoms with Crippen molar-refractivity contribution in [2.45, 2.75) is 52.1 Å². The van der Waals surface area contributed by atoms with Crippen molar-refractivity contribution >= 4 is 5.91 Å². The highest BCUT2D eigenvalue weighted by Crippen LogP contribution is 2.10. The Kier molecular flexibility index (Phi) is 7.44. The summed E-state index contributed by atoms with van der Waals surface area (Å²) in [5, 5.41) is 3.51. The predicted molar refractivity (Wildman–Crippen MR) is 89.3 cm³/mol. The summed E-state index contributed by atoms with van der Waals surface area (Å²) >= 11 is 0. The molecule has 1 aromatic rings. The van der Waals surface area contributed by atoms with E-state index in [1.807, 2.05) is 20.2 Å². The molecule has 1 aromatic carbocycles. The summed E-state index contributed by atoms with van der Waals surface area (Å²) in [5.74, 6) is 0.683. The molecule has 21 heavy (non-hydrogen) atoms. The Morgan fingerprint density at radius 3 is 2.29 bits per heavy atom. The van der Waals surface area contributed by atoms with E-state index >= 15 is 0 Å². The van der Waals surface area contributed by atoms with Gasteiger partial charge in [-0.05, 0) is 37.7 Å². The first-order chi connectivity index (χ1) is 9.90. The molecule has 0 bridgehead atoms. The second-order valence-corrected chi connectivity index (χ2v) is 6.51. The van der Waals surface area contributed by atoms with E-state index < -0.39 is 0 Å². The van der Waals surface area contributed by atoms with Gasteiger partial charge in [0.05, 0.1) is 6.04 Å². The monoisotopic (exact) mass is 290 g/mol. The number of amides is 1. The third-order valence-electron chi connectivity index (χ3n) is 3.64. The van der Waals surface area contributed by atoms with Crippen LogP contribution in [-0.2, 0) is 11.2 Å². The SMILES string of the molecule is CC(C)CC(NC(C)CCc1ccccc1)C(=O)N(C)C. The van der Waals surface area contributed by atoms with Crippen molar-refractivity contribution in [3.8, 4) is 0 Å². The van der Waals surface area contributed by atoms with Crippen molar-refractivity contribution in [3.05, 3.63) is 35.9 Å². The second kappa shape index (κ2) is 8.83. The fraction of sp³-hybridized carbons (Fsp3) is 0.611. The predicted octanol–water partition coefficient (Wildman–Crippen LogP) is 3.10. The van der Waals surface area contributed by atoms with Gasteiger partial charge in [0.1, 0.15) is 0 Å². The van der Waals surface area contributed by atoms with Gasteiger partial charge in [-0.25, -0.2) is 0 Å². The number of carbonyl (C=O) groups excluding carboxylic acids is 1. The third kappa shape index (κ3) is 6.76. The summed E-state index contributed by atoms with van der Waals surface area (Å²) in [6, 6.07) is 10.8. The number of aryl methyl sites for hydroxylation is 1. The molecule has 1 amide bonds. The van der Waals surface area contributed by atoms with Crippen molar-refractivity contribution < 1.29 is 4.79 Å². The van der Waals surface area contributed by atoms with Crippen LogP contribution in [0.1, 0.15) is 39.2 Å². The lowest BCUT2D eigenvalue weighted by Gasteiger charge is -2.26. The van der Waals surface area contributed by atoms with Crippen LogP contribution < -0.4 is 5.32 Å². The lowest BCUT2D eigenvalue weighted by Crippen LogP contribution is -2.47. The minimum absolute atomic E-state index is 0.0780. The Labute approximate surface area is 129 Å². The Hall–Kier alpha value is -1.35. The van der Waals surface area contributed by atoms with Gasteiger partial charge >= 0.3 is 0 Å². The number of nitrogens with zero attached hydrogens (tertiary/aromatic N) is 1. The lowest BCUT2D eigenvalue weighted by molar-refractivity contribution is -0.131. The van der Waals surface area contributed by atoms with Crippen molar-refractivity contribution in [2.24, 2.45) is 5.92 Å². The fourth-order valence-corrected chi connectivity index (χ4v) is 2.48. The maximum absolute atomic E-state index is 12.3. The number of rotatable bonds is 8. The molecule has 0 spiro atoms. The summed E-state index contributed by atoms with van der Waals surface area (Å²) in [7, 11) is 3.65. The Balaban J connectivity index is 2.51. The van der Waals surface area contributed by atoms with Crippen LogP contribution in [0.2, 0.25) is 0 Å². The third-order valence-corrected chi connectivity index (χ3v) is 3.64. The van der Waals surface area contributed by atoms with E-state index in [1.54, 1.807) is 4.90 Å². The normalized spacial score (nSPS) is 14.0. The summed E-state index contributed by atoms with van der Waals surface area (Å²) in [6.07, 6.45) is 2.96. The minimum Gasteiger partial charge on any atom is -0.347 e. The highest BCUT2D eigenvalue weighted by atomic mass is 16.2. The highest BCUT2D eigenvalue weighted by molar-refractivity contribution is 5.81. The van der Waals surface area contributed by atoms with Crippen molar-refractivity contribution in [1.29, 1.82) is 0 Å². The van der Waals surface area contributed by atoms with E-state index in [9.17, 15) is 4.79 Å². The largest absolute Gasteiger partial charge is 0.347 e. The van der Waals surface area contributed by atoms with Crippen LogP contribution in [0.5, 0.6) is 0 Å². The highest BCUT2D eigenvalue weighted by Gasteiger charge is 2.22. The molecule has 2 atom stereocenters. The molecule has 0 saturated carbocycles. The van der Waals surface area contributed by atoms with Crippen LogP contribution in [0, 0.1) is 5.92 Å². The average molecular weight is 290 g/mol. The Morgan fingerprint density at radius 1 is 1.14 bits per heavy atom. The van der Waals surface area contributed by atoms with Crippen LogP contribution >= 0.6 is 0 Å². The van der Waals surface area contributed by atoms with Gasteiger partial charge in [-0.3, -0.25) is 4.79 Å². The number of benzene rings is 1. The van der Waals surface area contributed by atoms with Gasteiger partial charge in [0, 0.05) is 20.1 Å². The maximum Gasteiger partial charge on any atom is 0.239 e. The molecular weight excluding hydrogens is 260 g/mol. The van der Waals surface area contributed by atoms with Gasteiger partial charge < -0.3 is 10.2 Å². The first-order valence-corrected chi connectivity index (χ1v) is 7.91. The van der Waals surface area contributed by atoms with E-state index in [2.05, 4.69) is 50.4 Å².